The molecule has 3 nitrogen and oxygen atoms in total. The molecule has 0 amide bonds. The van der Waals surface area contributed by atoms with Crippen molar-refractivity contribution in [1.82, 2.24) is 4.67 Å². The minimum absolute atomic E-state index is 0. The topological polar surface area (TPSA) is 21.7 Å². The molecule has 8 rings (SSSR count). The van der Waals surface area contributed by atoms with Crippen molar-refractivity contribution in [1.29, 1.82) is 0 Å². The smallest absolute Gasteiger partial charge is 0.292 e. The second-order valence-electron chi connectivity index (χ2n) is 11.6. The first-order chi connectivity index (χ1) is 19.8. The molecule has 1 fully saturated rings. The molecule has 1 atom stereocenters. The van der Waals surface area contributed by atoms with Crippen molar-refractivity contribution < 1.29 is 26.1 Å². The number of aryl methyl sites for hydroxylation is 1. The minimum atomic E-state index is -1.89. The van der Waals surface area contributed by atoms with Crippen LogP contribution < -0.4 is 9.05 Å². The summed E-state index contributed by atoms with van der Waals surface area (Å²) >= 11 is 0. The molecular formula is C36H35CuNO2P+2. The van der Waals surface area contributed by atoms with Crippen LogP contribution in [0, 0.1) is 0 Å². The second kappa shape index (κ2) is 11.4. The molecule has 41 heavy (non-hydrogen) atoms. The Kier molecular flexibility index (Phi) is 7.52. The molecule has 0 unspecified atom stereocenters. The summed E-state index contributed by atoms with van der Waals surface area (Å²) in [7, 11) is -1.89. The van der Waals surface area contributed by atoms with E-state index in [2.05, 4.69) is 102 Å². The average molecular weight is 608 g/mol. The first kappa shape index (κ1) is 27.0. The van der Waals surface area contributed by atoms with E-state index in [-0.39, 0.29) is 17.1 Å². The quantitative estimate of drug-likeness (QED) is 0.116. The van der Waals surface area contributed by atoms with Gasteiger partial charge in [-0.05, 0) is 70.5 Å². The van der Waals surface area contributed by atoms with E-state index in [0.29, 0.717) is 12.1 Å². The van der Waals surface area contributed by atoms with E-state index in [1.165, 1.54) is 71.2 Å². The van der Waals surface area contributed by atoms with Crippen molar-refractivity contribution in [2.24, 2.45) is 0 Å². The van der Waals surface area contributed by atoms with Gasteiger partial charge in [0.15, 0.2) is 11.5 Å². The van der Waals surface area contributed by atoms with E-state index >= 15 is 0 Å². The molecule has 1 saturated carbocycles. The van der Waals surface area contributed by atoms with Crippen molar-refractivity contribution in [3.05, 3.63) is 108 Å². The van der Waals surface area contributed by atoms with E-state index in [0.717, 1.165) is 35.5 Å². The third kappa shape index (κ3) is 4.76. The predicted molar refractivity (Wildman–Crippen MR) is 167 cm³/mol. The van der Waals surface area contributed by atoms with Gasteiger partial charge in [0, 0.05) is 11.1 Å². The van der Waals surface area contributed by atoms with Gasteiger partial charge in [0.25, 0.3) is 0 Å². The fraction of sp³-hybridized carbons (Fsp3) is 0.278. The zero-order chi connectivity index (χ0) is 26.5. The largest absolute Gasteiger partial charge is 1.00 e. The Bertz CT molecular complexity index is 1630. The van der Waals surface area contributed by atoms with E-state index in [9.17, 15) is 0 Å². The summed E-state index contributed by atoms with van der Waals surface area (Å²) in [5.41, 5.74) is 5.29. The number of benzene rings is 5. The first-order valence-electron chi connectivity index (χ1n) is 15.0. The molecule has 0 radical (unpaired) electrons. The zero-order valence-electron chi connectivity index (χ0n) is 23.1. The van der Waals surface area contributed by atoms with E-state index in [1.54, 1.807) is 0 Å². The molecule has 2 aliphatic carbocycles. The molecule has 210 valence electrons. The maximum absolute atomic E-state index is 7.19. The van der Waals surface area contributed by atoms with Crippen LogP contribution in [0.25, 0.3) is 32.7 Å². The number of hydrogen-bond acceptors (Lipinski definition) is 3. The Morgan fingerprint density at radius 2 is 1.15 bits per heavy atom. The van der Waals surface area contributed by atoms with Crippen LogP contribution in [0.15, 0.2) is 97.1 Å². The van der Waals surface area contributed by atoms with Gasteiger partial charge >= 0.3 is 25.6 Å². The SMILES string of the molecule is [Cu+].c1ccc2c(c1)CC[C@@H]2N(C1CCCCCC1)[PH+]1Oc2ccc3ccccc3c2-c2c(ccc3ccccc23)O1. The van der Waals surface area contributed by atoms with Crippen LogP contribution in [0.1, 0.15) is 62.1 Å². The summed E-state index contributed by atoms with van der Waals surface area (Å²) in [6, 6.07) is 36.0. The molecule has 1 heterocycles. The van der Waals surface area contributed by atoms with Crippen molar-refractivity contribution >= 4 is 30.1 Å². The van der Waals surface area contributed by atoms with Gasteiger partial charge in [0.2, 0.25) is 0 Å². The normalized spacial score (nSPS) is 18.9. The number of nitrogens with zero attached hydrogens (tertiary/aromatic N) is 1. The number of rotatable bonds is 3. The minimum Gasteiger partial charge on any atom is -0.292 e. The Morgan fingerprint density at radius 3 is 1.78 bits per heavy atom. The van der Waals surface area contributed by atoms with Crippen LogP contribution in [0.2, 0.25) is 0 Å². The van der Waals surface area contributed by atoms with Crippen LogP contribution in [0.5, 0.6) is 11.5 Å². The third-order valence-electron chi connectivity index (χ3n) is 9.29. The molecule has 0 spiro atoms. The number of hydrogen-bond donors (Lipinski definition) is 0. The maximum atomic E-state index is 7.19. The molecule has 0 aromatic heterocycles. The van der Waals surface area contributed by atoms with E-state index in [4.69, 9.17) is 9.05 Å². The van der Waals surface area contributed by atoms with Gasteiger partial charge in [-0.3, -0.25) is 9.05 Å². The van der Waals surface area contributed by atoms with Gasteiger partial charge in [-0.15, -0.1) is 4.67 Å². The fourth-order valence-corrected chi connectivity index (χ4v) is 9.44. The standard InChI is InChI=1S/C36H34NO2P.Cu/c1-2-4-15-28(14-3-1)37(32-22-19-25-11-5-8-16-29(25)32)40-38-33-23-20-26-12-6-9-17-30(26)35(33)36-31-18-10-7-13-27(31)21-24-34(36)39-40;/h5-13,16-18,20-21,23-24,28,32H,1-4,14-15,19,22H2;/q;+1/p+1/t32-;/m0./s1. The fourth-order valence-electron chi connectivity index (χ4n) is 7.39. The van der Waals surface area contributed by atoms with Crippen LogP contribution >= 0.6 is 8.53 Å². The Balaban J connectivity index is 0.00000276. The summed E-state index contributed by atoms with van der Waals surface area (Å²) < 4.78 is 17.1. The van der Waals surface area contributed by atoms with Crippen LogP contribution in [0.4, 0.5) is 0 Å². The molecule has 0 saturated heterocycles. The summed E-state index contributed by atoms with van der Waals surface area (Å²) in [5, 5.41) is 4.89. The van der Waals surface area contributed by atoms with Crippen molar-refractivity contribution in [3.8, 4) is 22.6 Å². The van der Waals surface area contributed by atoms with E-state index < -0.39 is 8.53 Å². The van der Waals surface area contributed by atoms with Gasteiger partial charge in [0.05, 0.1) is 12.1 Å². The monoisotopic (exact) mass is 607 g/mol. The molecule has 0 N–H and O–H groups in total. The van der Waals surface area contributed by atoms with Crippen molar-refractivity contribution in [2.45, 2.75) is 63.5 Å². The summed E-state index contributed by atoms with van der Waals surface area (Å²) in [6.07, 6.45) is 9.93. The van der Waals surface area contributed by atoms with Gasteiger partial charge in [-0.2, -0.15) is 0 Å². The summed E-state index contributed by atoms with van der Waals surface area (Å²) in [6.45, 7) is 0. The van der Waals surface area contributed by atoms with E-state index in [1.807, 2.05) is 0 Å². The molecular weight excluding hydrogens is 573 g/mol. The van der Waals surface area contributed by atoms with Crippen LogP contribution in [0.3, 0.4) is 0 Å². The Labute approximate surface area is 254 Å². The van der Waals surface area contributed by atoms with Gasteiger partial charge in [-0.25, -0.2) is 0 Å². The Morgan fingerprint density at radius 1 is 0.585 bits per heavy atom. The summed E-state index contributed by atoms with van der Waals surface area (Å²) in [5.74, 6) is 1.90. The van der Waals surface area contributed by atoms with Gasteiger partial charge < -0.3 is 0 Å². The predicted octanol–water partition coefficient (Wildman–Crippen LogP) is 10.1. The third-order valence-corrected chi connectivity index (χ3v) is 11.2. The first-order valence-corrected chi connectivity index (χ1v) is 16.2. The Hall–Kier alpha value is -2.87. The number of fused-ring (bicyclic) bond motifs is 8. The summed E-state index contributed by atoms with van der Waals surface area (Å²) in [4.78, 5) is 0. The van der Waals surface area contributed by atoms with Crippen molar-refractivity contribution in [3.63, 3.8) is 0 Å². The molecule has 5 aromatic carbocycles. The van der Waals surface area contributed by atoms with Gasteiger partial charge in [-0.1, -0.05) is 111 Å². The molecule has 0 bridgehead atoms. The van der Waals surface area contributed by atoms with Crippen LogP contribution in [-0.2, 0) is 23.5 Å². The van der Waals surface area contributed by atoms with Crippen LogP contribution in [-0.4, -0.2) is 10.7 Å². The van der Waals surface area contributed by atoms with Crippen molar-refractivity contribution in [2.75, 3.05) is 0 Å². The van der Waals surface area contributed by atoms with Gasteiger partial charge in [0.1, 0.15) is 0 Å². The second-order valence-corrected chi connectivity index (χ2v) is 13.1. The molecule has 5 aromatic rings. The molecule has 5 heteroatoms. The average Bonchev–Trinajstić information content (AvgIpc) is 3.15. The zero-order valence-corrected chi connectivity index (χ0v) is 25.1. The molecule has 3 aliphatic rings. The molecule has 1 aliphatic heterocycles. The maximum Gasteiger partial charge on any atom is 1.00 e.